The molecule has 0 spiro atoms. The number of carboxylic acids is 2. The van der Waals surface area contributed by atoms with Crippen LogP contribution < -0.4 is 38.3 Å². The summed E-state index contributed by atoms with van der Waals surface area (Å²) in [5, 5.41) is 31.3. The van der Waals surface area contributed by atoms with E-state index in [0.29, 0.717) is 36.2 Å². The van der Waals surface area contributed by atoms with E-state index in [0.717, 1.165) is 24.2 Å². The molecule has 18 nitrogen and oxygen atoms in total. The van der Waals surface area contributed by atoms with Gasteiger partial charge in [0.2, 0.25) is 0 Å². The van der Waals surface area contributed by atoms with Gasteiger partial charge in [0.05, 0.1) is 40.9 Å². The SMILES string of the molecule is CC(=O)O.CNc1ccc(C#N)c(CCOc2cc(NC)c(C(=O)O)cc2F)c1.N/C(C=O)=C\C=C(/N)n1ccnc1.N/C(C=O)=C\C=C(/N)n1ccnc1. The zero-order valence-electron chi connectivity index (χ0n) is 30.1. The molecule has 0 aliphatic carbocycles. The van der Waals surface area contributed by atoms with Crippen molar-refractivity contribution in [1.29, 1.82) is 5.26 Å². The van der Waals surface area contributed by atoms with E-state index in [4.69, 9.17) is 47.9 Å². The number of aromatic nitrogens is 4. The molecule has 0 atom stereocenters. The van der Waals surface area contributed by atoms with Crippen LogP contribution in [0.4, 0.5) is 15.8 Å². The number of hydrogen-bond donors (Lipinski definition) is 8. The van der Waals surface area contributed by atoms with E-state index in [-0.39, 0.29) is 35.0 Å². The summed E-state index contributed by atoms with van der Waals surface area (Å²) in [6, 6.07) is 9.70. The molecule has 4 rings (SSSR count). The first-order valence-electron chi connectivity index (χ1n) is 15.7. The van der Waals surface area contributed by atoms with Gasteiger partial charge in [0.1, 0.15) is 24.3 Å². The number of nitrogens with zero attached hydrogens (tertiary/aromatic N) is 5. The van der Waals surface area contributed by atoms with Crippen molar-refractivity contribution in [2.45, 2.75) is 13.3 Å². The third-order valence-electron chi connectivity index (χ3n) is 6.49. The average molecular weight is 760 g/mol. The number of benzene rings is 2. The molecular formula is C36H42FN11O7. The highest BCUT2D eigenvalue weighted by atomic mass is 19.1. The van der Waals surface area contributed by atoms with E-state index in [1.807, 2.05) is 6.07 Å². The molecular weight excluding hydrogens is 717 g/mol. The summed E-state index contributed by atoms with van der Waals surface area (Å²) in [5.74, 6) is -1.96. The van der Waals surface area contributed by atoms with E-state index in [2.05, 4.69) is 26.7 Å². The number of nitrogens with two attached hydrogens (primary N) is 4. The first kappa shape index (κ1) is 45.1. The Morgan fingerprint density at radius 2 is 1.42 bits per heavy atom. The lowest BCUT2D eigenvalue weighted by atomic mass is 10.0. The molecule has 2 aromatic carbocycles. The van der Waals surface area contributed by atoms with E-state index < -0.39 is 17.8 Å². The lowest BCUT2D eigenvalue weighted by Crippen LogP contribution is -2.08. The number of anilines is 2. The first-order valence-corrected chi connectivity index (χ1v) is 15.7. The lowest BCUT2D eigenvalue weighted by molar-refractivity contribution is -0.134. The Hall–Kier alpha value is -7.88. The maximum Gasteiger partial charge on any atom is 0.337 e. The Kier molecular flexibility index (Phi) is 20.0. The van der Waals surface area contributed by atoms with Crippen LogP contribution in [0.5, 0.6) is 5.75 Å². The van der Waals surface area contributed by atoms with Crippen LogP contribution in [0, 0.1) is 17.1 Å². The molecule has 4 aromatic rings. The predicted molar refractivity (Wildman–Crippen MR) is 204 cm³/mol. The van der Waals surface area contributed by atoms with E-state index in [9.17, 15) is 18.8 Å². The molecule has 0 bridgehead atoms. The van der Waals surface area contributed by atoms with Gasteiger partial charge >= 0.3 is 5.97 Å². The molecule has 55 heavy (non-hydrogen) atoms. The van der Waals surface area contributed by atoms with Crippen LogP contribution in [-0.4, -0.2) is 74.5 Å². The topological polar surface area (TPSA) is 306 Å². The van der Waals surface area contributed by atoms with E-state index in [1.165, 1.54) is 30.4 Å². The maximum absolute atomic E-state index is 14.0. The molecule has 0 amide bonds. The Balaban J connectivity index is 0.000000425. The van der Waals surface area contributed by atoms with Crippen LogP contribution in [0.3, 0.4) is 0 Å². The van der Waals surface area contributed by atoms with Crippen LogP contribution in [0.15, 0.2) is 103 Å². The Morgan fingerprint density at radius 3 is 1.82 bits per heavy atom. The summed E-state index contributed by atoms with van der Waals surface area (Å²) in [6.07, 6.45) is 17.1. The Labute approximate surface area is 315 Å². The average Bonchev–Trinajstić information content (AvgIpc) is 3.92. The van der Waals surface area contributed by atoms with Crippen molar-refractivity contribution < 1.29 is 38.5 Å². The van der Waals surface area contributed by atoms with Crippen molar-refractivity contribution in [3.63, 3.8) is 0 Å². The van der Waals surface area contributed by atoms with Gasteiger partial charge in [-0.2, -0.15) is 5.26 Å². The molecule has 0 saturated heterocycles. The number of carboxylic acid groups (broad SMARTS) is 2. The van der Waals surface area contributed by atoms with Crippen molar-refractivity contribution in [2.75, 3.05) is 31.3 Å². The molecule has 290 valence electrons. The second kappa shape index (κ2) is 24.3. The fourth-order valence-electron chi connectivity index (χ4n) is 3.82. The number of halogens is 1. The first-order chi connectivity index (χ1) is 26.2. The van der Waals surface area contributed by atoms with Crippen molar-refractivity contribution in [1.82, 2.24) is 19.1 Å². The summed E-state index contributed by atoms with van der Waals surface area (Å²) in [5.41, 5.74) is 24.2. The van der Waals surface area contributed by atoms with Crippen molar-refractivity contribution in [3.05, 3.63) is 126 Å². The summed E-state index contributed by atoms with van der Waals surface area (Å²) in [6.45, 7) is 1.23. The third kappa shape index (κ3) is 16.8. The molecule has 0 aliphatic rings. The van der Waals surface area contributed by atoms with Gasteiger partial charge in [-0.3, -0.25) is 23.5 Å². The number of carbonyl (C=O) groups excluding carboxylic acids is 2. The van der Waals surface area contributed by atoms with Crippen molar-refractivity contribution in [2.24, 2.45) is 22.9 Å². The molecule has 0 aliphatic heterocycles. The van der Waals surface area contributed by atoms with Gasteiger partial charge in [0.15, 0.2) is 24.1 Å². The lowest BCUT2D eigenvalue weighted by Gasteiger charge is -2.12. The number of imidazole rings is 2. The number of aromatic carboxylic acids is 1. The minimum absolute atomic E-state index is 0.0439. The van der Waals surface area contributed by atoms with Gasteiger partial charge in [-0.15, -0.1) is 0 Å². The number of nitriles is 1. The minimum Gasteiger partial charge on any atom is -0.490 e. The number of hydrogen-bond acceptors (Lipinski definition) is 14. The molecule has 0 fully saturated rings. The standard InChI is InChI=1S/C18H18FN3O3.2C8H10N4O.C2H4O2/c1-21-13-4-3-12(10-20)11(7-13)5-6-25-17-9-16(22-2)14(18(23)24)8-15(17)19;2*9-7(5-13)1-2-8(10)12-4-3-11-6-12;1-2(3)4/h3-4,7-9,21-22H,5-6H2,1-2H3,(H,23,24);2*1-6H,9-10H2;1H3,(H,3,4)/b;2*7-1-,8-2+;. The Bertz CT molecular complexity index is 1960. The Morgan fingerprint density at radius 1 is 0.891 bits per heavy atom. The molecule has 2 aromatic heterocycles. The number of aldehydes is 2. The predicted octanol–water partition coefficient (Wildman–Crippen LogP) is 2.55. The zero-order valence-corrected chi connectivity index (χ0v) is 30.1. The minimum atomic E-state index is -1.22. The van der Waals surface area contributed by atoms with Gasteiger partial charge in [-0.25, -0.2) is 19.2 Å². The quantitative estimate of drug-likeness (QED) is 0.0552. The second-order valence-corrected chi connectivity index (χ2v) is 10.4. The number of nitrogens with one attached hydrogen (secondary N) is 2. The highest BCUT2D eigenvalue weighted by Gasteiger charge is 2.15. The summed E-state index contributed by atoms with van der Waals surface area (Å²) < 4.78 is 22.7. The normalized spacial score (nSPS) is 11.1. The number of ether oxygens (including phenoxy) is 1. The summed E-state index contributed by atoms with van der Waals surface area (Å²) in [7, 11) is 3.33. The largest absolute Gasteiger partial charge is 0.490 e. The highest BCUT2D eigenvalue weighted by Crippen LogP contribution is 2.27. The van der Waals surface area contributed by atoms with Gasteiger partial charge < -0.3 is 48.5 Å². The van der Waals surface area contributed by atoms with Crippen LogP contribution in [0.1, 0.15) is 28.4 Å². The second-order valence-electron chi connectivity index (χ2n) is 10.4. The third-order valence-corrected chi connectivity index (χ3v) is 6.49. The van der Waals surface area contributed by atoms with Gasteiger partial charge in [0, 0.05) is 64.0 Å². The van der Waals surface area contributed by atoms with Crippen LogP contribution >= 0.6 is 0 Å². The smallest absolute Gasteiger partial charge is 0.337 e. The van der Waals surface area contributed by atoms with Gasteiger partial charge in [-0.05, 0) is 54.1 Å². The van der Waals surface area contributed by atoms with Crippen LogP contribution in [-0.2, 0) is 20.8 Å². The van der Waals surface area contributed by atoms with E-state index >= 15 is 0 Å². The van der Waals surface area contributed by atoms with Crippen LogP contribution in [0.2, 0.25) is 0 Å². The fourth-order valence-corrected chi connectivity index (χ4v) is 3.82. The van der Waals surface area contributed by atoms with E-state index in [1.54, 1.807) is 72.8 Å². The molecule has 2 heterocycles. The highest BCUT2D eigenvalue weighted by molar-refractivity contribution is 5.94. The number of carbonyl (C=O) groups is 4. The molecule has 12 N–H and O–H groups in total. The molecule has 19 heteroatoms. The number of aliphatic carboxylic acids is 1. The fraction of sp³-hybridized carbons (Fsp3) is 0.139. The van der Waals surface area contributed by atoms with Crippen molar-refractivity contribution >= 4 is 47.5 Å². The summed E-state index contributed by atoms with van der Waals surface area (Å²) in [4.78, 5) is 48.0. The van der Waals surface area contributed by atoms with Gasteiger partial charge in [-0.1, -0.05) is 0 Å². The molecule has 0 radical (unpaired) electrons. The summed E-state index contributed by atoms with van der Waals surface area (Å²) >= 11 is 0. The van der Waals surface area contributed by atoms with Crippen molar-refractivity contribution in [3.8, 4) is 11.8 Å². The molecule has 0 unspecified atom stereocenters. The number of allylic oxidation sites excluding steroid dienone is 6. The van der Waals surface area contributed by atoms with Gasteiger partial charge in [0.25, 0.3) is 5.97 Å². The van der Waals surface area contributed by atoms with Crippen LogP contribution in [0.25, 0.3) is 11.6 Å². The monoisotopic (exact) mass is 759 g/mol. The zero-order chi connectivity index (χ0) is 41.3. The number of rotatable bonds is 13. The molecule has 0 saturated carbocycles. The maximum atomic E-state index is 14.0.